The van der Waals surface area contributed by atoms with Crippen molar-refractivity contribution in [1.82, 2.24) is 14.9 Å². The number of nitrogens with zero attached hydrogens (tertiary/aromatic N) is 5. The van der Waals surface area contributed by atoms with Crippen LogP contribution in [0.5, 0.6) is 11.5 Å². The summed E-state index contributed by atoms with van der Waals surface area (Å²) >= 11 is 0. The number of hydrogen-bond acceptors (Lipinski definition) is 10. The second-order valence-corrected chi connectivity index (χ2v) is 6.09. The second-order valence-electron chi connectivity index (χ2n) is 6.09. The van der Waals surface area contributed by atoms with Crippen LogP contribution in [0, 0.1) is 22.2 Å². The second kappa shape index (κ2) is 9.85. The van der Waals surface area contributed by atoms with Crippen LogP contribution in [-0.2, 0) is 0 Å². The lowest BCUT2D eigenvalue weighted by molar-refractivity contribution is -0.402. The van der Waals surface area contributed by atoms with Gasteiger partial charge in [-0.05, 0) is 13.0 Å². The van der Waals surface area contributed by atoms with Gasteiger partial charge in [0.05, 0.1) is 31.4 Å². The van der Waals surface area contributed by atoms with Gasteiger partial charge in [0, 0.05) is 44.2 Å². The molecule has 1 aromatic heterocycles. The number of ether oxygens (including phenoxy) is 2. The standard InChI is InChI=1S/C17H24N4O3.NO3/c1-12-18-14-11-16(24-3)15(23-2)10-13(14)17(19-12)21-6-4-20(5-7-21)8-9-22;2-1(3)4/h10-11,22H,4-9H2,1-3H3;/q;-1. The Labute approximate surface area is 162 Å². The fraction of sp³-hybridized carbons (Fsp3) is 0.529. The van der Waals surface area contributed by atoms with Crippen LogP contribution >= 0.6 is 0 Å². The highest BCUT2D eigenvalue weighted by molar-refractivity contribution is 5.92. The molecule has 1 fully saturated rings. The number of benzene rings is 1. The van der Waals surface area contributed by atoms with Crippen molar-refractivity contribution in [2.75, 3.05) is 58.5 Å². The van der Waals surface area contributed by atoms with Gasteiger partial charge in [0.1, 0.15) is 11.6 Å². The van der Waals surface area contributed by atoms with Crippen LogP contribution in [0.4, 0.5) is 5.82 Å². The molecule has 2 heterocycles. The predicted octanol–water partition coefficient (Wildman–Crippen LogP) is 0.831. The molecule has 1 aliphatic heterocycles. The van der Waals surface area contributed by atoms with E-state index < -0.39 is 5.09 Å². The Balaban J connectivity index is 0.000000640. The third-order valence-corrected chi connectivity index (χ3v) is 4.38. The van der Waals surface area contributed by atoms with E-state index >= 15 is 0 Å². The Bertz CT molecular complexity index is 806. The van der Waals surface area contributed by atoms with Gasteiger partial charge in [0.15, 0.2) is 11.5 Å². The van der Waals surface area contributed by atoms with Crippen molar-refractivity contribution in [1.29, 1.82) is 0 Å². The van der Waals surface area contributed by atoms with Crippen LogP contribution < -0.4 is 14.4 Å². The molecule has 11 heteroatoms. The lowest BCUT2D eigenvalue weighted by Crippen LogP contribution is -2.47. The van der Waals surface area contributed by atoms with E-state index in [1.807, 2.05) is 19.1 Å². The highest BCUT2D eigenvalue weighted by Crippen LogP contribution is 2.35. The van der Waals surface area contributed by atoms with E-state index in [1.165, 1.54) is 0 Å². The lowest BCUT2D eigenvalue weighted by Gasteiger charge is -2.35. The van der Waals surface area contributed by atoms with Crippen molar-refractivity contribution >= 4 is 16.7 Å². The molecule has 0 bridgehead atoms. The number of fused-ring (bicyclic) bond motifs is 1. The molecule has 0 aliphatic carbocycles. The van der Waals surface area contributed by atoms with Crippen molar-refractivity contribution in [3.63, 3.8) is 0 Å². The van der Waals surface area contributed by atoms with Gasteiger partial charge in [-0.25, -0.2) is 9.97 Å². The summed E-state index contributed by atoms with van der Waals surface area (Å²) in [6.45, 7) is 6.41. The summed E-state index contributed by atoms with van der Waals surface area (Å²) in [5.41, 5.74) is 0.855. The van der Waals surface area contributed by atoms with Crippen LogP contribution in [-0.4, -0.2) is 78.6 Å². The summed E-state index contributed by atoms with van der Waals surface area (Å²) in [5, 5.41) is 24.8. The Morgan fingerprint density at radius 3 is 2.21 bits per heavy atom. The molecule has 1 aliphatic rings. The third-order valence-electron chi connectivity index (χ3n) is 4.38. The maximum absolute atomic E-state index is 9.08. The maximum atomic E-state index is 9.08. The molecule has 1 saturated heterocycles. The molecule has 0 saturated carbocycles. The van der Waals surface area contributed by atoms with Crippen LogP contribution in [0.25, 0.3) is 10.9 Å². The first-order chi connectivity index (χ1) is 13.4. The number of aliphatic hydroxyl groups excluding tert-OH is 1. The molecule has 0 radical (unpaired) electrons. The van der Waals surface area contributed by atoms with Crippen LogP contribution in [0.1, 0.15) is 5.82 Å². The molecule has 0 unspecified atom stereocenters. The number of aliphatic hydroxyl groups is 1. The summed E-state index contributed by atoms with van der Waals surface area (Å²) < 4.78 is 10.8. The largest absolute Gasteiger partial charge is 0.493 e. The number of rotatable bonds is 5. The van der Waals surface area contributed by atoms with E-state index in [0.29, 0.717) is 11.5 Å². The highest BCUT2D eigenvalue weighted by atomic mass is 16.9. The average Bonchev–Trinajstić information content (AvgIpc) is 2.66. The summed E-state index contributed by atoms with van der Waals surface area (Å²) in [6, 6.07) is 3.84. The third kappa shape index (κ3) is 5.30. The Hall–Kier alpha value is -2.92. The monoisotopic (exact) mass is 394 g/mol. The average molecular weight is 394 g/mol. The van der Waals surface area contributed by atoms with E-state index in [1.54, 1.807) is 14.2 Å². The van der Waals surface area contributed by atoms with E-state index in [-0.39, 0.29) is 6.61 Å². The van der Waals surface area contributed by atoms with Crippen LogP contribution in [0.2, 0.25) is 0 Å². The zero-order valence-electron chi connectivity index (χ0n) is 16.1. The first-order valence-electron chi connectivity index (χ1n) is 8.69. The van der Waals surface area contributed by atoms with Crippen molar-refractivity contribution in [2.45, 2.75) is 6.92 Å². The summed E-state index contributed by atoms with van der Waals surface area (Å²) in [6.07, 6.45) is 0. The van der Waals surface area contributed by atoms with Crippen LogP contribution in [0.3, 0.4) is 0 Å². The molecule has 0 spiro atoms. The molecule has 0 atom stereocenters. The molecular weight excluding hydrogens is 370 g/mol. The van der Waals surface area contributed by atoms with Crippen molar-refractivity contribution < 1.29 is 19.7 Å². The van der Waals surface area contributed by atoms with Gasteiger partial charge >= 0.3 is 0 Å². The van der Waals surface area contributed by atoms with Gasteiger partial charge in [-0.3, -0.25) is 4.90 Å². The van der Waals surface area contributed by atoms with Crippen molar-refractivity contribution in [3.05, 3.63) is 33.3 Å². The Morgan fingerprint density at radius 2 is 1.68 bits per heavy atom. The number of aromatic nitrogens is 2. The van der Waals surface area contributed by atoms with E-state index in [9.17, 15) is 0 Å². The van der Waals surface area contributed by atoms with Gasteiger partial charge in [0.2, 0.25) is 0 Å². The number of anilines is 1. The highest BCUT2D eigenvalue weighted by Gasteiger charge is 2.21. The molecule has 3 rings (SSSR count). The zero-order valence-corrected chi connectivity index (χ0v) is 16.1. The number of piperazine rings is 1. The molecule has 28 heavy (non-hydrogen) atoms. The molecule has 154 valence electrons. The zero-order chi connectivity index (χ0) is 20.7. The van der Waals surface area contributed by atoms with E-state index in [2.05, 4.69) is 19.8 Å². The van der Waals surface area contributed by atoms with Crippen LogP contribution in [0.15, 0.2) is 12.1 Å². The number of aryl methyl sites for hydroxylation is 1. The normalized spacial score (nSPS) is 14.4. The van der Waals surface area contributed by atoms with E-state index in [0.717, 1.165) is 55.3 Å². The minimum Gasteiger partial charge on any atom is -0.493 e. The molecule has 1 aromatic carbocycles. The first-order valence-corrected chi connectivity index (χ1v) is 8.69. The molecule has 1 N–H and O–H groups in total. The quantitative estimate of drug-likeness (QED) is 0.573. The Kier molecular flexibility index (Phi) is 7.52. The molecule has 2 aromatic rings. The molecule has 0 amide bonds. The number of β-amino-alcohol motifs (C(OH)–C–C–N with tert-alkyl or cyclic N) is 1. The summed E-state index contributed by atoms with van der Waals surface area (Å²) in [7, 11) is 3.26. The fourth-order valence-electron chi connectivity index (χ4n) is 3.12. The SMILES string of the molecule is COc1cc2nc(C)nc(N3CCN(CCO)CC3)c2cc1OC.O=[N+]([O-])[O-]. The molecule has 11 nitrogen and oxygen atoms in total. The Morgan fingerprint density at radius 1 is 1.11 bits per heavy atom. The summed E-state index contributed by atoms with van der Waals surface area (Å²) in [4.78, 5) is 22.0. The summed E-state index contributed by atoms with van der Waals surface area (Å²) in [5.74, 6) is 3.02. The minimum absolute atomic E-state index is 0.201. The fourth-order valence-corrected chi connectivity index (χ4v) is 3.12. The van der Waals surface area contributed by atoms with Crippen molar-refractivity contribution in [3.8, 4) is 11.5 Å². The number of hydrogen-bond donors (Lipinski definition) is 1. The van der Waals surface area contributed by atoms with Crippen molar-refractivity contribution in [2.24, 2.45) is 0 Å². The van der Waals surface area contributed by atoms with Gasteiger partial charge < -0.3 is 34.8 Å². The first kappa shape index (κ1) is 21.4. The van der Waals surface area contributed by atoms with Gasteiger partial charge in [0.25, 0.3) is 0 Å². The van der Waals surface area contributed by atoms with Gasteiger partial charge in [-0.2, -0.15) is 0 Å². The smallest absolute Gasteiger partial charge is 0.162 e. The maximum Gasteiger partial charge on any atom is 0.162 e. The topological polar surface area (TPSA) is 137 Å². The van der Waals surface area contributed by atoms with Gasteiger partial charge in [-0.15, -0.1) is 0 Å². The van der Waals surface area contributed by atoms with E-state index in [4.69, 9.17) is 29.9 Å². The minimum atomic E-state index is -1.75. The number of methoxy groups -OCH3 is 2. The lowest BCUT2D eigenvalue weighted by atomic mass is 10.1. The predicted molar refractivity (Wildman–Crippen MR) is 103 cm³/mol. The van der Waals surface area contributed by atoms with Gasteiger partial charge in [-0.1, -0.05) is 0 Å². The molecular formula is C17H24N5O6-.